The number of hydrogen-bond donors (Lipinski definition) is 2. The molecule has 196 valence electrons. The molecule has 3 aromatic rings. The van der Waals surface area contributed by atoms with Gasteiger partial charge < -0.3 is 10.2 Å². The first-order valence-electron chi connectivity index (χ1n) is 12.9. The lowest BCUT2D eigenvalue weighted by Crippen LogP contribution is -2.43. The summed E-state index contributed by atoms with van der Waals surface area (Å²) in [6.45, 7) is 1.55. The maximum absolute atomic E-state index is 13.1. The Morgan fingerprint density at radius 3 is 2.47 bits per heavy atom. The fraction of sp³-hybridized carbons (Fsp3) is 0.310. The highest BCUT2D eigenvalue weighted by atomic mass is 32.2. The van der Waals surface area contributed by atoms with E-state index in [1.54, 1.807) is 18.3 Å². The van der Waals surface area contributed by atoms with Crippen LogP contribution in [0.25, 0.3) is 6.08 Å². The molecule has 2 amide bonds. The van der Waals surface area contributed by atoms with E-state index >= 15 is 0 Å². The zero-order valence-electron chi connectivity index (χ0n) is 21.0. The lowest BCUT2D eigenvalue weighted by Gasteiger charge is -2.37. The summed E-state index contributed by atoms with van der Waals surface area (Å²) in [7, 11) is 0. The first kappa shape index (κ1) is 26.1. The molecule has 0 bridgehead atoms. The van der Waals surface area contributed by atoms with E-state index in [0.717, 1.165) is 56.0 Å². The van der Waals surface area contributed by atoms with Crippen LogP contribution in [0.2, 0.25) is 0 Å². The minimum atomic E-state index is -0.397. The van der Waals surface area contributed by atoms with Gasteiger partial charge >= 0.3 is 0 Å². The first-order chi connectivity index (χ1) is 18.5. The van der Waals surface area contributed by atoms with E-state index < -0.39 is 5.91 Å². The predicted octanol–water partition coefficient (Wildman–Crippen LogP) is 5.09. The van der Waals surface area contributed by atoms with Crippen molar-refractivity contribution in [3.05, 3.63) is 94.4 Å². The molecule has 2 aromatic carbocycles. The molecule has 2 aliphatic rings. The van der Waals surface area contributed by atoms with Gasteiger partial charge in [-0.05, 0) is 85.8 Å². The van der Waals surface area contributed by atoms with Crippen molar-refractivity contribution in [2.45, 2.75) is 50.7 Å². The number of rotatable bonds is 9. The number of anilines is 1. The molecule has 1 saturated heterocycles. The molecule has 1 saturated carbocycles. The van der Waals surface area contributed by atoms with Crippen LogP contribution in [0.3, 0.4) is 0 Å². The Labute approximate surface area is 225 Å². The highest BCUT2D eigenvalue weighted by Crippen LogP contribution is 2.29. The number of carbonyl (C=O) groups excluding carboxylic acids is 2. The Bertz CT molecular complexity index is 1290. The lowest BCUT2D eigenvalue weighted by molar-refractivity contribution is -0.115. The second-order valence-corrected chi connectivity index (χ2v) is 10.6. The summed E-state index contributed by atoms with van der Waals surface area (Å²) >= 11 is 0.883. The van der Waals surface area contributed by atoms with Crippen molar-refractivity contribution in [2.75, 3.05) is 11.4 Å². The second kappa shape index (κ2) is 12.3. The standard InChI is InChI=1S/C29H30FN5O2S/c30-22-8-6-20(7-9-22)14-16-31-23-10-12-25(13-11-23)35(19-21-4-2-1-3-5-21)28-32-17-15-24(33-28)18-26-27(36)34-29(37)38-26/h1-9,15,17-18,23,25,31H,10-14,16,19H2,(H,34,36,37)/b26-18-. The number of benzene rings is 2. The zero-order chi connectivity index (χ0) is 26.3. The second-order valence-electron chi connectivity index (χ2n) is 9.58. The molecular weight excluding hydrogens is 501 g/mol. The quantitative estimate of drug-likeness (QED) is 0.372. The molecule has 0 unspecified atom stereocenters. The van der Waals surface area contributed by atoms with Crippen LogP contribution in [-0.4, -0.2) is 39.7 Å². The number of thioether (sulfide) groups is 1. The van der Waals surface area contributed by atoms with E-state index in [1.165, 1.54) is 17.7 Å². The van der Waals surface area contributed by atoms with Gasteiger partial charge in [0.2, 0.25) is 5.95 Å². The van der Waals surface area contributed by atoms with Gasteiger partial charge in [0.25, 0.3) is 11.1 Å². The van der Waals surface area contributed by atoms with Crippen LogP contribution in [0.15, 0.2) is 71.8 Å². The largest absolute Gasteiger partial charge is 0.333 e. The Morgan fingerprint density at radius 1 is 1.00 bits per heavy atom. The van der Waals surface area contributed by atoms with Crippen molar-refractivity contribution in [3.63, 3.8) is 0 Å². The molecule has 2 N–H and O–H groups in total. The molecular formula is C29H30FN5O2S. The van der Waals surface area contributed by atoms with E-state index in [0.29, 0.717) is 29.1 Å². The first-order valence-corrected chi connectivity index (χ1v) is 13.7. The van der Waals surface area contributed by atoms with Crippen LogP contribution in [0, 0.1) is 5.82 Å². The summed E-state index contributed by atoms with van der Waals surface area (Å²) in [5.41, 5.74) is 2.90. The molecule has 7 nitrogen and oxygen atoms in total. The number of carbonyl (C=O) groups is 2. The van der Waals surface area contributed by atoms with Crippen molar-refractivity contribution in [3.8, 4) is 0 Å². The molecule has 9 heteroatoms. The van der Waals surface area contributed by atoms with Gasteiger partial charge in [0.15, 0.2) is 0 Å². The third kappa shape index (κ3) is 6.85. The average Bonchev–Trinajstić information content (AvgIpc) is 3.25. The number of imide groups is 1. The summed E-state index contributed by atoms with van der Waals surface area (Å²) in [5.74, 6) is 0.0153. The van der Waals surface area contributed by atoms with Gasteiger partial charge in [-0.25, -0.2) is 14.4 Å². The molecule has 1 aliphatic carbocycles. The third-order valence-electron chi connectivity index (χ3n) is 6.94. The maximum Gasteiger partial charge on any atom is 0.290 e. The third-order valence-corrected chi connectivity index (χ3v) is 7.75. The normalized spacial score (nSPS) is 20.5. The number of aromatic nitrogens is 2. The fourth-order valence-electron chi connectivity index (χ4n) is 4.94. The molecule has 1 aromatic heterocycles. The van der Waals surface area contributed by atoms with E-state index in [9.17, 15) is 14.0 Å². The molecule has 38 heavy (non-hydrogen) atoms. The minimum Gasteiger partial charge on any atom is -0.333 e. The van der Waals surface area contributed by atoms with Gasteiger partial charge in [-0.1, -0.05) is 42.5 Å². The molecule has 2 heterocycles. The summed E-state index contributed by atoms with van der Waals surface area (Å²) in [5, 5.41) is 5.58. The zero-order valence-corrected chi connectivity index (χ0v) is 21.8. The average molecular weight is 532 g/mol. The molecule has 0 atom stereocenters. The van der Waals surface area contributed by atoms with Crippen molar-refractivity contribution in [1.29, 1.82) is 0 Å². The Hall–Kier alpha value is -3.56. The molecule has 0 spiro atoms. The smallest absolute Gasteiger partial charge is 0.290 e. The van der Waals surface area contributed by atoms with Crippen LogP contribution in [0.1, 0.15) is 42.5 Å². The van der Waals surface area contributed by atoms with Crippen LogP contribution >= 0.6 is 11.8 Å². The summed E-state index contributed by atoms with van der Waals surface area (Å²) in [4.78, 5) is 35.5. The van der Waals surface area contributed by atoms with Gasteiger partial charge in [0.05, 0.1) is 10.6 Å². The SMILES string of the molecule is O=C1NC(=O)/C(=C/c2ccnc(N(Cc3ccccc3)C3CCC(NCCc4ccc(F)cc4)CC3)n2)S1. The van der Waals surface area contributed by atoms with E-state index in [1.807, 2.05) is 30.3 Å². The van der Waals surface area contributed by atoms with Crippen LogP contribution in [0.5, 0.6) is 0 Å². The lowest BCUT2D eigenvalue weighted by atomic mass is 9.90. The number of nitrogens with one attached hydrogen (secondary N) is 2. The van der Waals surface area contributed by atoms with Crippen LogP contribution in [-0.2, 0) is 17.8 Å². The van der Waals surface area contributed by atoms with Crippen molar-refractivity contribution in [1.82, 2.24) is 20.6 Å². The van der Waals surface area contributed by atoms with Gasteiger partial charge in [-0.15, -0.1) is 0 Å². The van der Waals surface area contributed by atoms with E-state index in [4.69, 9.17) is 4.98 Å². The predicted molar refractivity (Wildman–Crippen MR) is 148 cm³/mol. The monoisotopic (exact) mass is 531 g/mol. The number of hydrogen-bond acceptors (Lipinski definition) is 7. The molecule has 2 fully saturated rings. The highest BCUT2D eigenvalue weighted by Gasteiger charge is 2.28. The maximum atomic E-state index is 13.1. The van der Waals surface area contributed by atoms with Crippen molar-refractivity contribution < 1.29 is 14.0 Å². The molecule has 1 aliphatic heterocycles. The Kier molecular flexibility index (Phi) is 8.45. The summed E-state index contributed by atoms with van der Waals surface area (Å²) in [6.07, 6.45) is 8.31. The number of halogens is 1. The number of nitrogens with zero attached hydrogens (tertiary/aromatic N) is 3. The van der Waals surface area contributed by atoms with Crippen molar-refractivity contribution >= 4 is 34.9 Å². The topological polar surface area (TPSA) is 87.2 Å². The van der Waals surface area contributed by atoms with Crippen LogP contribution in [0.4, 0.5) is 15.1 Å². The van der Waals surface area contributed by atoms with E-state index in [2.05, 4.69) is 32.7 Å². The molecule has 5 rings (SSSR count). The highest BCUT2D eigenvalue weighted by molar-refractivity contribution is 8.18. The fourth-order valence-corrected chi connectivity index (χ4v) is 5.61. The number of amides is 2. The van der Waals surface area contributed by atoms with Gasteiger partial charge in [0.1, 0.15) is 5.82 Å². The van der Waals surface area contributed by atoms with Crippen LogP contribution < -0.4 is 15.5 Å². The summed E-state index contributed by atoms with van der Waals surface area (Å²) in [6, 6.07) is 19.4. The minimum absolute atomic E-state index is 0.204. The van der Waals surface area contributed by atoms with Gasteiger partial charge in [-0.2, -0.15) is 0 Å². The van der Waals surface area contributed by atoms with E-state index in [-0.39, 0.29) is 17.1 Å². The Morgan fingerprint density at radius 2 is 1.76 bits per heavy atom. The Balaban J connectivity index is 1.25. The molecule has 0 radical (unpaired) electrons. The van der Waals surface area contributed by atoms with Gasteiger partial charge in [-0.3, -0.25) is 14.9 Å². The van der Waals surface area contributed by atoms with Crippen molar-refractivity contribution in [2.24, 2.45) is 0 Å². The van der Waals surface area contributed by atoms with Gasteiger partial charge in [0, 0.05) is 24.8 Å². The summed E-state index contributed by atoms with van der Waals surface area (Å²) < 4.78 is 13.1.